The topological polar surface area (TPSA) is 30.2 Å². The molecule has 2 nitrogen and oxygen atoms in total. The number of carbonyl (C=O) groups excluding carboxylic acids is 1. The average Bonchev–Trinajstić information content (AvgIpc) is 2.81. The first-order valence-corrected chi connectivity index (χ1v) is 6.83. The third-order valence-corrected chi connectivity index (χ3v) is 3.50. The van der Waals surface area contributed by atoms with Crippen LogP contribution in [0.25, 0.3) is 0 Å². The molecule has 18 heavy (non-hydrogen) atoms. The number of aryl methyl sites for hydroxylation is 1. The van der Waals surface area contributed by atoms with E-state index in [4.69, 9.17) is 16.0 Å². The van der Waals surface area contributed by atoms with Gasteiger partial charge in [0.15, 0.2) is 5.76 Å². The predicted molar refractivity (Wildman–Crippen MR) is 75.3 cm³/mol. The summed E-state index contributed by atoms with van der Waals surface area (Å²) in [5, 5.41) is 0.583. The molecule has 0 bridgehead atoms. The fraction of sp³-hybridized carbons (Fsp3) is 0.214. The van der Waals surface area contributed by atoms with Gasteiger partial charge >= 0.3 is 0 Å². The molecular formula is C14H12BrClO2. The molecular weight excluding hydrogens is 316 g/mol. The molecule has 0 saturated heterocycles. The molecule has 0 N–H and O–H groups in total. The Kier molecular flexibility index (Phi) is 4.25. The van der Waals surface area contributed by atoms with Crippen LogP contribution in [0.2, 0.25) is 5.02 Å². The smallest absolute Gasteiger partial charge is 0.202 e. The summed E-state index contributed by atoms with van der Waals surface area (Å²) in [5.74, 6) is 1.16. The van der Waals surface area contributed by atoms with Crippen molar-refractivity contribution < 1.29 is 9.21 Å². The summed E-state index contributed by atoms with van der Waals surface area (Å²) < 4.78 is 6.33. The predicted octanol–water partition coefficient (Wildman–Crippen LogP) is 4.68. The molecule has 4 heteroatoms. The van der Waals surface area contributed by atoms with E-state index in [-0.39, 0.29) is 12.2 Å². The minimum atomic E-state index is -0.0566. The van der Waals surface area contributed by atoms with Crippen molar-refractivity contribution in [3.8, 4) is 0 Å². The number of furan rings is 1. The molecule has 1 aromatic carbocycles. The Morgan fingerprint density at radius 3 is 2.72 bits per heavy atom. The third-order valence-electron chi connectivity index (χ3n) is 2.65. The first kappa shape index (κ1) is 13.4. The lowest BCUT2D eigenvalue weighted by Gasteiger charge is -2.02. The Hall–Kier alpha value is -1.06. The fourth-order valence-corrected chi connectivity index (χ4v) is 2.38. The number of halogens is 2. The number of benzene rings is 1. The highest BCUT2D eigenvalue weighted by Gasteiger charge is 2.13. The zero-order valence-electron chi connectivity index (χ0n) is 9.87. The van der Waals surface area contributed by atoms with Crippen molar-refractivity contribution in [2.45, 2.75) is 19.8 Å². The molecule has 0 fully saturated rings. The van der Waals surface area contributed by atoms with Crippen molar-refractivity contribution >= 4 is 33.3 Å². The Balaban J connectivity index is 2.16. The second kappa shape index (κ2) is 5.72. The summed E-state index contributed by atoms with van der Waals surface area (Å²) in [6.45, 7) is 1.98. The van der Waals surface area contributed by atoms with Crippen LogP contribution < -0.4 is 0 Å². The van der Waals surface area contributed by atoms with Crippen LogP contribution in [0.5, 0.6) is 0 Å². The molecule has 1 aromatic heterocycles. The average molecular weight is 328 g/mol. The molecule has 94 valence electrons. The molecule has 2 aromatic rings. The van der Waals surface area contributed by atoms with E-state index in [0.717, 1.165) is 22.2 Å². The zero-order chi connectivity index (χ0) is 13.1. The maximum absolute atomic E-state index is 12.0. The second-order valence-electron chi connectivity index (χ2n) is 3.96. The van der Waals surface area contributed by atoms with Crippen molar-refractivity contribution in [2.75, 3.05) is 0 Å². The summed E-state index contributed by atoms with van der Waals surface area (Å²) in [4.78, 5) is 12.0. The quantitative estimate of drug-likeness (QED) is 0.763. The molecule has 0 aliphatic carbocycles. The summed E-state index contributed by atoms with van der Waals surface area (Å²) in [6.07, 6.45) is 1.04. The van der Waals surface area contributed by atoms with E-state index >= 15 is 0 Å². The summed E-state index contributed by atoms with van der Waals surface area (Å²) in [6, 6.07) is 9.04. The third kappa shape index (κ3) is 3.03. The number of rotatable bonds is 4. The van der Waals surface area contributed by atoms with Crippen molar-refractivity contribution in [3.05, 3.63) is 56.9 Å². The van der Waals surface area contributed by atoms with Crippen LogP contribution in [0.4, 0.5) is 0 Å². The number of hydrogen-bond donors (Lipinski definition) is 0. The van der Waals surface area contributed by atoms with Crippen LogP contribution in [0.3, 0.4) is 0 Å². The van der Waals surface area contributed by atoms with Gasteiger partial charge in [-0.25, -0.2) is 0 Å². The monoisotopic (exact) mass is 326 g/mol. The van der Waals surface area contributed by atoms with Crippen LogP contribution in [-0.4, -0.2) is 5.78 Å². The van der Waals surface area contributed by atoms with E-state index in [2.05, 4.69) is 15.9 Å². The summed E-state index contributed by atoms with van der Waals surface area (Å²) in [7, 11) is 0. The highest BCUT2D eigenvalue weighted by molar-refractivity contribution is 9.10. The first-order chi connectivity index (χ1) is 8.60. The van der Waals surface area contributed by atoms with Gasteiger partial charge in [0.05, 0.1) is 0 Å². The lowest BCUT2D eigenvalue weighted by Crippen LogP contribution is -2.02. The van der Waals surface area contributed by atoms with E-state index in [9.17, 15) is 4.79 Å². The van der Waals surface area contributed by atoms with Gasteiger partial charge in [0.1, 0.15) is 5.76 Å². The van der Waals surface area contributed by atoms with Crippen LogP contribution >= 0.6 is 27.5 Å². The van der Waals surface area contributed by atoms with Gasteiger partial charge in [0, 0.05) is 22.3 Å². The highest BCUT2D eigenvalue weighted by atomic mass is 79.9. The maximum Gasteiger partial charge on any atom is 0.202 e. The standard InChI is InChI=1S/C14H12BrClO2/c1-2-11-5-6-14(18-11)13(17)7-9-3-4-10(15)8-12(9)16/h3-6,8H,2,7H2,1H3. The number of Topliss-reactive ketones (excluding diaryl/α,β-unsaturated/α-hetero) is 1. The molecule has 0 saturated carbocycles. The van der Waals surface area contributed by atoms with Gasteiger partial charge in [0.2, 0.25) is 5.78 Å². The van der Waals surface area contributed by atoms with Crippen molar-refractivity contribution in [1.29, 1.82) is 0 Å². The summed E-state index contributed by atoms with van der Waals surface area (Å²) >= 11 is 9.41. The van der Waals surface area contributed by atoms with Gasteiger partial charge in [-0.05, 0) is 29.8 Å². The van der Waals surface area contributed by atoms with Gasteiger partial charge in [-0.3, -0.25) is 4.79 Å². The Morgan fingerprint density at radius 1 is 1.33 bits per heavy atom. The first-order valence-electron chi connectivity index (χ1n) is 5.66. The minimum Gasteiger partial charge on any atom is -0.458 e. The van der Waals surface area contributed by atoms with E-state index in [0.29, 0.717) is 10.8 Å². The molecule has 0 aliphatic heterocycles. The summed E-state index contributed by atoms with van der Waals surface area (Å²) in [5.41, 5.74) is 0.805. The zero-order valence-corrected chi connectivity index (χ0v) is 12.2. The van der Waals surface area contributed by atoms with Gasteiger partial charge in [-0.15, -0.1) is 0 Å². The molecule has 0 radical (unpaired) electrons. The fourth-order valence-electron chi connectivity index (χ4n) is 1.64. The Bertz CT molecular complexity index is 575. The number of hydrogen-bond acceptors (Lipinski definition) is 2. The van der Waals surface area contributed by atoms with Crippen molar-refractivity contribution in [3.63, 3.8) is 0 Å². The molecule has 2 rings (SSSR count). The normalized spacial score (nSPS) is 10.6. The van der Waals surface area contributed by atoms with Crippen LogP contribution in [0, 0.1) is 0 Å². The lowest BCUT2D eigenvalue weighted by atomic mass is 10.1. The maximum atomic E-state index is 12.0. The largest absolute Gasteiger partial charge is 0.458 e. The Labute approximate surface area is 119 Å². The van der Waals surface area contributed by atoms with E-state index in [1.165, 1.54) is 0 Å². The Morgan fingerprint density at radius 2 is 2.11 bits per heavy atom. The van der Waals surface area contributed by atoms with Gasteiger partial charge in [-0.1, -0.05) is 40.5 Å². The molecule has 0 spiro atoms. The lowest BCUT2D eigenvalue weighted by molar-refractivity contribution is 0.0965. The van der Waals surface area contributed by atoms with Gasteiger partial charge in [0.25, 0.3) is 0 Å². The van der Waals surface area contributed by atoms with E-state index < -0.39 is 0 Å². The molecule has 0 unspecified atom stereocenters. The van der Waals surface area contributed by atoms with Gasteiger partial charge < -0.3 is 4.42 Å². The van der Waals surface area contributed by atoms with Crippen LogP contribution in [0.1, 0.15) is 28.8 Å². The molecule has 0 amide bonds. The van der Waals surface area contributed by atoms with E-state index in [1.54, 1.807) is 12.1 Å². The van der Waals surface area contributed by atoms with Gasteiger partial charge in [-0.2, -0.15) is 0 Å². The van der Waals surface area contributed by atoms with E-state index in [1.807, 2.05) is 25.1 Å². The minimum absolute atomic E-state index is 0.0566. The molecule has 0 atom stereocenters. The number of ketones is 1. The number of carbonyl (C=O) groups is 1. The van der Waals surface area contributed by atoms with Crippen molar-refractivity contribution in [1.82, 2.24) is 0 Å². The SMILES string of the molecule is CCc1ccc(C(=O)Cc2ccc(Br)cc2Cl)o1. The highest BCUT2D eigenvalue weighted by Crippen LogP contribution is 2.23. The molecule has 0 aliphatic rings. The van der Waals surface area contributed by atoms with Crippen LogP contribution in [0.15, 0.2) is 39.2 Å². The van der Waals surface area contributed by atoms with Crippen LogP contribution in [-0.2, 0) is 12.8 Å². The second-order valence-corrected chi connectivity index (χ2v) is 5.28. The van der Waals surface area contributed by atoms with Crippen molar-refractivity contribution in [2.24, 2.45) is 0 Å². The molecule has 1 heterocycles.